The standard InChI is InChI=1S/C19H36O3Si/c1-10-14(20)12-15-13-17(19(6,7)16(11-2)21-15)22-23(8,9)18(3,4)5/h11,15-17H,2,10,12-13H2,1,3-9H3/t15-,16-,17-/m0/s1. The molecule has 0 aromatic rings. The highest BCUT2D eigenvalue weighted by molar-refractivity contribution is 6.74. The Morgan fingerprint density at radius 2 is 1.96 bits per heavy atom. The zero-order valence-electron chi connectivity index (χ0n) is 16.4. The number of Topliss-reactive ketones (excluding diaryl/α,β-unsaturated/α-hetero) is 1. The maximum absolute atomic E-state index is 11.8. The van der Waals surface area contributed by atoms with Crippen LogP contribution >= 0.6 is 0 Å². The van der Waals surface area contributed by atoms with E-state index in [0.29, 0.717) is 12.8 Å². The van der Waals surface area contributed by atoms with E-state index in [4.69, 9.17) is 9.16 Å². The van der Waals surface area contributed by atoms with Crippen LogP contribution in [-0.4, -0.2) is 32.4 Å². The summed E-state index contributed by atoms with van der Waals surface area (Å²) in [5, 5.41) is 0.166. The molecule has 0 spiro atoms. The van der Waals surface area contributed by atoms with Crippen molar-refractivity contribution >= 4 is 14.1 Å². The number of ketones is 1. The molecule has 3 atom stereocenters. The smallest absolute Gasteiger partial charge is 0.192 e. The predicted octanol–water partition coefficient (Wildman–Crippen LogP) is 5.12. The van der Waals surface area contributed by atoms with Gasteiger partial charge in [-0.2, -0.15) is 0 Å². The molecule has 4 heteroatoms. The maximum Gasteiger partial charge on any atom is 0.192 e. The summed E-state index contributed by atoms with van der Waals surface area (Å²) in [6.45, 7) is 21.6. The van der Waals surface area contributed by atoms with E-state index in [1.165, 1.54) is 0 Å². The summed E-state index contributed by atoms with van der Waals surface area (Å²) in [7, 11) is -1.88. The summed E-state index contributed by atoms with van der Waals surface area (Å²) in [6.07, 6.45) is 3.65. The summed E-state index contributed by atoms with van der Waals surface area (Å²) >= 11 is 0. The SMILES string of the molecule is C=C[C@@H]1O[C@@H](CC(=O)CC)C[C@H](O[Si](C)(C)C(C)(C)C)C1(C)C. The van der Waals surface area contributed by atoms with E-state index in [9.17, 15) is 4.79 Å². The van der Waals surface area contributed by atoms with Crippen LogP contribution in [0.2, 0.25) is 18.1 Å². The van der Waals surface area contributed by atoms with Gasteiger partial charge in [-0.25, -0.2) is 0 Å². The molecule has 0 saturated carbocycles. The van der Waals surface area contributed by atoms with Crippen LogP contribution < -0.4 is 0 Å². The molecule has 1 rings (SSSR count). The molecular weight excluding hydrogens is 304 g/mol. The lowest BCUT2D eigenvalue weighted by atomic mass is 9.75. The fraction of sp³-hybridized carbons (Fsp3) is 0.842. The van der Waals surface area contributed by atoms with Gasteiger partial charge < -0.3 is 9.16 Å². The second-order valence-corrected chi connectivity index (χ2v) is 13.7. The third-order valence-electron chi connectivity index (χ3n) is 5.69. The van der Waals surface area contributed by atoms with Gasteiger partial charge in [0.2, 0.25) is 0 Å². The molecule has 0 bridgehead atoms. The summed E-state index contributed by atoms with van der Waals surface area (Å²) in [6, 6.07) is 0. The number of rotatable bonds is 6. The van der Waals surface area contributed by atoms with Gasteiger partial charge in [0.15, 0.2) is 8.32 Å². The predicted molar refractivity (Wildman–Crippen MR) is 99.2 cm³/mol. The van der Waals surface area contributed by atoms with E-state index in [1.807, 2.05) is 13.0 Å². The van der Waals surface area contributed by atoms with Crippen LogP contribution in [0.4, 0.5) is 0 Å². The van der Waals surface area contributed by atoms with Crippen molar-refractivity contribution in [3.05, 3.63) is 12.7 Å². The molecule has 0 unspecified atom stereocenters. The highest BCUT2D eigenvalue weighted by atomic mass is 28.4. The van der Waals surface area contributed by atoms with E-state index in [-0.39, 0.29) is 34.5 Å². The molecule has 0 aromatic heterocycles. The lowest BCUT2D eigenvalue weighted by molar-refractivity contribution is -0.156. The minimum Gasteiger partial charge on any atom is -0.413 e. The topological polar surface area (TPSA) is 35.5 Å². The first-order chi connectivity index (χ1) is 10.3. The molecule has 134 valence electrons. The average Bonchev–Trinajstić information content (AvgIpc) is 2.40. The van der Waals surface area contributed by atoms with Gasteiger partial charge in [0.25, 0.3) is 0 Å². The normalized spacial score (nSPS) is 28.4. The summed E-state index contributed by atoms with van der Waals surface area (Å²) < 4.78 is 12.9. The highest BCUT2D eigenvalue weighted by Crippen LogP contribution is 2.45. The van der Waals surface area contributed by atoms with Crippen molar-refractivity contribution in [2.45, 2.75) is 97.2 Å². The van der Waals surface area contributed by atoms with Gasteiger partial charge in [-0.1, -0.05) is 47.6 Å². The molecule has 0 radical (unpaired) electrons. The van der Waals surface area contributed by atoms with Gasteiger partial charge in [-0.05, 0) is 24.6 Å². The number of hydrogen-bond donors (Lipinski definition) is 0. The third-order valence-corrected chi connectivity index (χ3v) is 10.2. The molecule has 1 aliphatic rings. The van der Waals surface area contributed by atoms with E-state index in [0.717, 1.165) is 6.42 Å². The van der Waals surface area contributed by atoms with E-state index >= 15 is 0 Å². The van der Waals surface area contributed by atoms with Crippen molar-refractivity contribution in [3.63, 3.8) is 0 Å². The van der Waals surface area contributed by atoms with Crippen molar-refractivity contribution < 1.29 is 14.0 Å². The van der Waals surface area contributed by atoms with Crippen LogP contribution in [0.3, 0.4) is 0 Å². The molecule has 23 heavy (non-hydrogen) atoms. The minimum absolute atomic E-state index is 0.0618. The Kier molecular flexibility index (Phi) is 6.45. The Morgan fingerprint density at radius 1 is 1.39 bits per heavy atom. The van der Waals surface area contributed by atoms with Gasteiger partial charge in [0, 0.05) is 18.3 Å². The van der Waals surface area contributed by atoms with Crippen LogP contribution in [-0.2, 0) is 14.0 Å². The lowest BCUT2D eigenvalue weighted by Crippen LogP contribution is -2.56. The number of carbonyl (C=O) groups is 1. The lowest BCUT2D eigenvalue weighted by Gasteiger charge is -2.51. The van der Waals surface area contributed by atoms with Crippen molar-refractivity contribution in [1.82, 2.24) is 0 Å². The average molecular weight is 341 g/mol. The first-order valence-electron chi connectivity index (χ1n) is 8.82. The first kappa shape index (κ1) is 20.6. The Bertz CT molecular complexity index is 434. The number of ether oxygens (including phenoxy) is 1. The quantitative estimate of drug-likeness (QED) is 0.497. The summed E-state index contributed by atoms with van der Waals surface area (Å²) in [5.74, 6) is 0.253. The zero-order valence-corrected chi connectivity index (χ0v) is 17.4. The van der Waals surface area contributed by atoms with Gasteiger partial charge >= 0.3 is 0 Å². The van der Waals surface area contributed by atoms with Gasteiger partial charge in [-0.15, -0.1) is 6.58 Å². The van der Waals surface area contributed by atoms with Crippen molar-refractivity contribution in [1.29, 1.82) is 0 Å². The van der Waals surface area contributed by atoms with E-state index in [2.05, 4.69) is 54.3 Å². The molecule has 1 heterocycles. The van der Waals surface area contributed by atoms with Crippen LogP contribution in [0.5, 0.6) is 0 Å². The van der Waals surface area contributed by atoms with Gasteiger partial charge in [-0.3, -0.25) is 4.79 Å². The maximum atomic E-state index is 11.8. The van der Waals surface area contributed by atoms with Gasteiger partial charge in [0.05, 0.1) is 18.3 Å². The summed E-state index contributed by atoms with van der Waals surface area (Å²) in [4.78, 5) is 11.8. The van der Waals surface area contributed by atoms with Crippen LogP contribution in [0.1, 0.15) is 60.8 Å². The Balaban J connectivity index is 3.00. The fourth-order valence-corrected chi connectivity index (χ4v) is 4.25. The first-order valence-corrected chi connectivity index (χ1v) is 11.7. The molecule has 0 aromatic carbocycles. The van der Waals surface area contributed by atoms with Crippen LogP contribution in [0.25, 0.3) is 0 Å². The Labute approximate surface area is 144 Å². The molecule has 1 aliphatic heterocycles. The highest BCUT2D eigenvalue weighted by Gasteiger charge is 2.49. The minimum atomic E-state index is -1.88. The second-order valence-electron chi connectivity index (χ2n) is 8.93. The Morgan fingerprint density at radius 3 is 2.39 bits per heavy atom. The largest absolute Gasteiger partial charge is 0.413 e. The number of carbonyl (C=O) groups excluding carboxylic acids is 1. The molecule has 0 N–H and O–H groups in total. The number of hydrogen-bond acceptors (Lipinski definition) is 3. The monoisotopic (exact) mass is 340 g/mol. The van der Waals surface area contributed by atoms with Crippen molar-refractivity contribution in [2.75, 3.05) is 0 Å². The van der Waals surface area contributed by atoms with E-state index < -0.39 is 8.32 Å². The molecule has 1 saturated heterocycles. The third kappa shape index (κ3) is 4.77. The van der Waals surface area contributed by atoms with Gasteiger partial charge in [0.1, 0.15) is 5.78 Å². The second kappa shape index (κ2) is 7.20. The molecule has 1 fully saturated rings. The molecule has 0 amide bonds. The Hall–Kier alpha value is -0.453. The van der Waals surface area contributed by atoms with Crippen LogP contribution in [0.15, 0.2) is 12.7 Å². The zero-order chi connectivity index (χ0) is 18.1. The van der Waals surface area contributed by atoms with Crippen molar-refractivity contribution in [3.8, 4) is 0 Å². The summed E-state index contributed by atoms with van der Waals surface area (Å²) in [5.41, 5.74) is -0.136. The molecular formula is C19H36O3Si. The van der Waals surface area contributed by atoms with Crippen LogP contribution in [0, 0.1) is 5.41 Å². The van der Waals surface area contributed by atoms with E-state index in [1.54, 1.807) is 0 Å². The fourth-order valence-electron chi connectivity index (χ4n) is 2.79. The molecule has 0 aliphatic carbocycles. The van der Waals surface area contributed by atoms with Crippen molar-refractivity contribution in [2.24, 2.45) is 5.41 Å². The molecule has 3 nitrogen and oxygen atoms in total.